The van der Waals surface area contributed by atoms with Gasteiger partial charge in [0.05, 0.1) is 18.7 Å². The number of rotatable bonds is 7. The van der Waals surface area contributed by atoms with E-state index in [4.69, 9.17) is 4.74 Å². The third-order valence-corrected chi connectivity index (χ3v) is 7.77. The predicted octanol–water partition coefficient (Wildman–Crippen LogP) is 5.19. The minimum absolute atomic E-state index is 0.0129. The Morgan fingerprint density at radius 1 is 0.912 bits per heavy atom. The Balaban J connectivity index is 1.54. The van der Waals surface area contributed by atoms with Gasteiger partial charge in [0.1, 0.15) is 0 Å². The van der Waals surface area contributed by atoms with E-state index in [1.54, 1.807) is 24.3 Å². The number of carbonyl (C=O) groups excluding carboxylic acids is 3. The zero-order chi connectivity index (χ0) is 24.1. The van der Waals surface area contributed by atoms with Crippen molar-refractivity contribution < 1.29 is 19.1 Å². The number of ketones is 1. The van der Waals surface area contributed by atoms with E-state index < -0.39 is 12.0 Å². The summed E-state index contributed by atoms with van der Waals surface area (Å²) in [6, 6.07) is 16.6. The molecular formula is C29H35NO4. The second-order valence-corrected chi connectivity index (χ2v) is 9.74. The van der Waals surface area contributed by atoms with E-state index in [0.29, 0.717) is 12.1 Å². The molecule has 2 aliphatic rings. The molecule has 1 aliphatic heterocycles. The minimum atomic E-state index is -0.445. The number of hydrogen-bond acceptors (Lipinski definition) is 4. The smallest absolute Gasteiger partial charge is 0.337 e. The Labute approximate surface area is 202 Å². The first-order chi connectivity index (χ1) is 16.5. The fourth-order valence-electron chi connectivity index (χ4n) is 5.72. The lowest BCUT2D eigenvalue weighted by Crippen LogP contribution is -2.46. The van der Waals surface area contributed by atoms with Gasteiger partial charge in [0, 0.05) is 24.8 Å². The van der Waals surface area contributed by atoms with Crippen molar-refractivity contribution in [3.8, 4) is 0 Å². The highest BCUT2D eigenvalue weighted by molar-refractivity contribution is 5.93. The summed E-state index contributed by atoms with van der Waals surface area (Å²) in [5, 5.41) is 0. The molecule has 2 aromatic carbocycles. The number of hydrogen-bond donors (Lipinski definition) is 0. The van der Waals surface area contributed by atoms with Gasteiger partial charge in [-0.25, -0.2) is 4.79 Å². The Morgan fingerprint density at radius 3 is 2.21 bits per heavy atom. The van der Waals surface area contributed by atoms with Crippen LogP contribution in [0, 0.1) is 11.8 Å². The molecule has 0 N–H and O–H groups in total. The molecule has 2 atom stereocenters. The molecule has 0 spiro atoms. The summed E-state index contributed by atoms with van der Waals surface area (Å²) in [6.45, 7) is 2.86. The normalized spacial score (nSPS) is 24.6. The molecule has 0 aromatic heterocycles. The monoisotopic (exact) mass is 461 g/mol. The van der Waals surface area contributed by atoms with Gasteiger partial charge in [-0.1, -0.05) is 55.8 Å². The van der Waals surface area contributed by atoms with Gasteiger partial charge in [-0.05, 0) is 61.3 Å². The second-order valence-electron chi connectivity index (χ2n) is 9.74. The summed E-state index contributed by atoms with van der Waals surface area (Å²) in [4.78, 5) is 40.9. The molecule has 0 radical (unpaired) electrons. The van der Waals surface area contributed by atoms with Crippen LogP contribution in [0.1, 0.15) is 72.9 Å². The van der Waals surface area contributed by atoms with Crippen LogP contribution in [0.4, 0.5) is 0 Å². The summed E-state index contributed by atoms with van der Waals surface area (Å²) in [5.41, 5.74) is 2.42. The number of esters is 1. The van der Waals surface area contributed by atoms with E-state index in [1.165, 1.54) is 13.5 Å². The number of nitrogens with zero attached hydrogens (tertiary/aromatic N) is 1. The van der Waals surface area contributed by atoms with Crippen molar-refractivity contribution in [2.45, 2.75) is 63.8 Å². The molecule has 1 saturated heterocycles. The lowest BCUT2D eigenvalue weighted by Gasteiger charge is -2.33. The molecule has 4 rings (SSSR count). The Kier molecular flexibility index (Phi) is 7.81. The summed E-state index contributed by atoms with van der Waals surface area (Å²) < 4.78 is 4.76. The fourth-order valence-corrected chi connectivity index (χ4v) is 5.72. The maximum absolute atomic E-state index is 13.7. The number of benzene rings is 2. The molecule has 0 unspecified atom stereocenters. The number of carbonyl (C=O) groups is 3. The van der Waals surface area contributed by atoms with E-state index in [-0.39, 0.29) is 29.9 Å². The maximum atomic E-state index is 13.7. The lowest BCUT2D eigenvalue weighted by molar-refractivity contribution is -0.142. The second kappa shape index (κ2) is 11.0. The minimum Gasteiger partial charge on any atom is -0.465 e. The van der Waals surface area contributed by atoms with Crippen LogP contribution in [-0.4, -0.2) is 42.3 Å². The molecule has 1 saturated carbocycles. The van der Waals surface area contributed by atoms with Gasteiger partial charge in [-0.2, -0.15) is 0 Å². The van der Waals surface area contributed by atoms with Gasteiger partial charge >= 0.3 is 5.97 Å². The van der Waals surface area contributed by atoms with Crippen molar-refractivity contribution in [3.05, 3.63) is 71.3 Å². The Bertz CT molecular complexity index is 993. The summed E-state index contributed by atoms with van der Waals surface area (Å²) >= 11 is 0. The molecule has 34 heavy (non-hydrogen) atoms. The van der Waals surface area contributed by atoms with Crippen molar-refractivity contribution in [1.82, 2.24) is 4.90 Å². The molecule has 180 valence electrons. The zero-order valence-electron chi connectivity index (χ0n) is 20.2. The average molecular weight is 462 g/mol. The van der Waals surface area contributed by atoms with Crippen LogP contribution in [0.25, 0.3) is 0 Å². The number of ether oxygens (including phenoxy) is 1. The number of Topliss-reactive ketones (excluding diaryl/α,β-unsaturated/α-hetero) is 1. The van der Waals surface area contributed by atoms with Crippen LogP contribution in [0.3, 0.4) is 0 Å². The van der Waals surface area contributed by atoms with E-state index in [2.05, 4.69) is 19.1 Å². The van der Waals surface area contributed by atoms with Crippen molar-refractivity contribution in [3.63, 3.8) is 0 Å². The van der Waals surface area contributed by atoms with E-state index in [1.807, 2.05) is 23.1 Å². The van der Waals surface area contributed by atoms with Gasteiger partial charge in [-0.3, -0.25) is 9.59 Å². The highest BCUT2D eigenvalue weighted by Gasteiger charge is 2.44. The van der Waals surface area contributed by atoms with E-state index in [9.17, 15) is 14.4 Å². The maximum Gasteiger partial charge on any atom is 0.337 e. The highest BCUT2D eigenvalue weighted by Crippen LogP contribution is 2.38. The van der Waals surface area contributed by atoms with Crippen LogP contribution in [0.15, 0.2) is 54.6 Å². The first-order valence-electron chi connectivity index (χ1n) is 12.6. The summed E-state index contributed by atoms with van der Waals surface area (Å²) in [6.07, 6.45) is 6.29. The molecule has 1 aliphatic carbocycles. The lowest BCUT2D eigenvalue weighted by atomic mass is 9.80. The quantitative estimate of drug-likeness (QED) is 0.533. The number of amides is 1. The van der Waals surface area contributed by atoms with Gasteiger partial charge in [-0.15, -0.1) is 0 Å². The van der Waals surface area contributed by atoms with Gasteiger partial charge in [0.2, 0.25) is 5.91 Å². The van der Waals surface area contributed by atoms with Crippen LogP contribution >= 0.6 is 0 Å². The van der Waals surface area contributed by atoms with Gasteiger partial charge in [0.15, 0.2) is 5.78 Å². The third kappa shape index (κ3) is 5.24. The molecule has 2 fully saturated rings. The Morgan fingerprint density at radius 2 is 1.59 bits per heavy atom. The average Bonchev–Trinajstić information content (AvgIpc) is 3.34. The molecule has 5 nitrogen and oxygen atoms in total. The Hall–Kier alpha value is -2.95. The number of likely N-dealkylation sites (tertiary alicyclic amines) is 1. The zero-order valence-corrected chi connectivity index (χ0v) is 20.2. The van der Waals surface area contributed by atoms with Crippen molar-refractivity contribution in [1.29, 1.82) is 0 Å². The molecule has 5 heteroatoms. The predicted molar refractivity (Wildman–Crippen MR) is 132 cm³/mol. The first-order valence-corrected chi connectivity index (χ1v) is 12.6. The molecule has 1 amide bonds. The van der Waals surface area contributed by atoms with E-state index >= 15 is 0 Å². The topological polar surface area (TPSA) is 63.7 Å². The molecular weight excluding hydrogens is 426 g/mol. The first kappa shape index (κ1) is 24.2. The number of methoxy groups -OCH3 is 1. The molecule has 1 heterocycles. The largest absolute Gasteiger partial charge is 0.465 e. The summed E-state index contributed by atoms with van der Waals surface area (Å²) in [7, 11) is 1.35. The van der Waals surface area contributed by atoms with Crippen molar-refractivity contribution >= 4 is 17.7 Å². The van der Waals surface area contributed by atoms with Crippen molar-refractivity contribution in [2.75, 3.05) is 13.7 Å². The van der Waals surface area contributed by atoms with Crippen molar-refractivity contribution in [2.24, 2.45) is 11.8 Å². The fraction of sp³-hybridized carbons (Fsp3) is 0.483. The van der Waals surface area contributed by atoms with Gasteiger partial charge in [0.25, 0.3) is 0 Å². The molecule has 2 aromatic rings. The highest BCUT2D eigenvalue weighted by atomic mass is 16.5. The van der Waals surface area contributed by atoms with E-state index in [0.717, 1.165) is 49.1 Å². The standard InChI is InChI=1S/C29H35NO4/c1-3-20-9-13-23(14-10-20)28(32)30-18-17-25(22-7-5-4-6-8-22)27(30)26(31)19-21-11-15-24(16-12-21)29(33)34-2/h4-8,11-12,15-16,20,23,25,27H,3,9-10,13-14,17-19H2,1-2H3/t20?,23?,25-,27+/m0/s1. The van der Waals surface area contributed by atoms with Crippen LogP contribution in [0.2, 0.25) is 0 Å². The van der Waals surface area contributed by atoms with Crippen LogP contribution < -0.4 is 0 Å². The van der Waals surface area contributed by atoms with Crippen LogP contribution in [0.5, 0.6) is 0 Å². The summed E-state index contributed by atoms with van der Waals surface area (Å²) in [5.74, 6) is 0.600. The third-order valence-electron chi connectivity index (χ3n) is 7.77. The SMILES string of the molecule is CCC1CCC(C(=O)N2CC[C@@H](c3ccccc3)[C@@H]2C(=O)Cc2ccc(C(=O)OC)cc2)CC1. The molecule has 0 bridgehead atoms. The van der Waals surface area contributed by atoms with Gasteiger partial charge < -0.3 is 9.64 Å². The van der Waals surface area contributed by atoms with Crippen LogP contribution in [-0.2, 0) is 20.7 Å².